The number of benzene rings is 2. The first-order valence-corrected chi connectivity index (χ1v) is 10.3. The Hall–Kier alpha value is -1.89. The van der Waals surface area contributed by atoms with Gasteiger partial charge < -0.3 is 5.32 Å². The Labute approximate surface area is 160 Å². The fourth-order valence-electron chi connectivity index (χ4n) is 2.40. The van der Waals surface area contributed by atoms with Gasteiger partial charge >= 0.3 is 0 Å². The van der Waals surface area contributed by atoms with Crippen LogP contribution >= 0.6 is 11.6 Å². The Morgan fingerprint density at radius 3 is 2.58 bits per heavy atom. The van der Waals surface area contributed by atoms with Crippen molar-refractivity contribution < 1.29 is 13.2 Å². The van der Waals surface area contributed by atoms with E-state index in [2.05, 4.69) is 5.32 Å². The van der Waals surface area contributed by atoms with Crippen LogP contribution in [0.25, 0.3) is 0 Å². The number of halogens is 1. The molecular formula is C19H23ClN2O3S. The number of sulfonamides is 1. The monoisotopic (exact) mass is 394 g/mol. The minimum atomic E-state index is -3.61. The number of amides is 1. The molecule has 0 unspecified atom stereocenters. The number of nitrogens with zero attached hydrogens (tertiary/aromatic N) is 1. The van der Waals surface area contributed by atoms with Gasteiger partial charge in [0.25, 0.3) is 5.91 Å². The van der Waals surface area contributed by atoms with Gasteiger partial charge in [-0.1, -0.05) is 49.2 Å². The molecule has 0 aliphatic rings. The first-order valence-electron chi connectivity index (χ1n) is 8.44. The molecule has 0 fully saturated rings. The molecule has 26 heavy (non-hydrogen) atoms. The lowest BCUT2D eigenvalue weighted by Gasteiger charge is -2.17. The molecule has 0 aromatic heterocycles. The van der Waals surface area contributed by atoms with Crippen LogP contribution in [-0.4, -0.2) is 32.2 Å². The van der Waals surface area contributed by atoms with Crippen LogP contribution in [0.2, 0.25) is 5.02 Å². The van der Waals surface area contributed by atoms with Crippen LogP contribution in [0.15, 0.2) is 53.4 Å². The topological polar surface area (TPSA) is 66.5 Å². The highest BCUT2D eigenvalue weighted by Crippen LogP contribution is 2.18. The van der Waals surface area contributed by atoms with E-state index in [-0.39, 0.29) is 17.3 Å². The van der Waals surface area contributed by atoms with Gasteiger partial charge in [0.05, 0.1) is 4.90 Å². The summed E-state index contributed by atoms with van der Waals surface area (Å²) in [5.41, 5.74) is 1.09. The van der Waals surface area contributed by atoms with E-state index in [0.29, 0.717) is 17.1 Å². The van der Waals surface area contributed by atoms with Crippen LogP contribution < -0.4 is 5.32 Å². The maximum Gasteiger partial charge on any atom is 0.251 e. The third-order valence-electron chi connectivity index (χ3n) is 4.03. The van der Waals surface area contributed by atoms with E-state index in [1.54, 1.807) is 25.2 Å². The number of rotatable bonds is 8. The van der Waals surface area contributed by atoms with Crippen molar-refractivity contribution in [1.82, 2.24) is 9.62 Å². The fourth-order valence-corrected chi connectivity index (χ4v) is 3.86. The van der Waals surface area contributed by atoms with Crippen molar-refractivity contribution in [2.24, 2.45) is 0 Å². The molecule has 0 aliphatic heterocycles. The largest absolute Gasteiger partial charge is 0.348 e. The highest BCUT2D eigenvalue weighted by atomic mass is 35.5. The second kappa shape index (κ2) is 9.16. The summed E-state index contributed by atoms with van der Waals surface area (Å²) in [6.07, 6.45) is 1.69. The summed E-state index contributed by atoms with van der Waals surface area (Å²) < 4.78 is 26.5. The summed E-state index contributed by atoms with van der Waals surface area (Å²) >= 11 is 6.08. The van der Waals surface area contributed by atoms with Gasteiger partial charge in [-0.25, -0.2) is 12.7 Å². The minimum absolute atomic E-state index is 0.112. The molecule has 140 valence electrons. The predicted octanol–water partition coefficient (Wildman–Crippen LogP) is 3.69. The van der Waals surface area contributed by atoms with E-state index < -0.39 is 10.0 Å². The minimum Gasteiger partial charge on any atom is -0.348 e. The van der Waals surface area contributed by atoms with Crippen molar-refractivity contribution in [2.45, 2.75) is 31.2 Å². The number of nitrogens with one attached hydrogen (secondary N) is 1. The molecule has 0 spiro atoms. The van der Waals surface area contributed by atoms with Gasteiger partial charge in [-0.2, -0.15) is 0 Å². The SMILES string of the molecule is CCCCN(C)S(=O)(=O)c1cccc(C(=O)NCc2ccccc2Cl)c1. The van der Waals surface area contributed by atoms with Crippen LogP contribution in [0.1, 0.15) is 35.7 Å². The molecule has 0 saturated heterocycles. The van der Waals surface area contributed by atoms with Gasteiger partial charge in [0, 0.05) is 30.7 Å². The summed E-state index contributed by atoms with van der Waals surface area (Å²) in [5, 5.41) is 3.34. The standard InChI is InChI=1S/C19H23ClN2O3S/c1-3-4-12-22(2)26(24,25)17-10-7-9-15(13-17)19(23)21-14-16-8-5-6-11-18(16)20/h5-11,13H,3-4,12,14H2,1-2H3,(H,21,23). The average molecular weight is 395 g/mol. The lowest BCUT2D eigenvalue weighted by Crippen LogP contribution is -2.28. The van der Waals surface area contributed by atoms with E-state index >= 15 is 0 Å². The molecule has 1 N–H and O–H groups in total. The van der Waals surface area contributed by atoms with Gasteiger partial charge in [0.2, 0.25) is 10.0 Å². The maximum absolute atomic E-state index is 12.6. The molecule has 0 radical (unpaired) electrons. The molecule has 5 nitrogen and oxygen atoms in total. The number of carbonyl (C=O) groups is 1. The molecule has 2 aromatic rings. The van der Waals surface area contributed by atoms with Crippen LogP contribution in [0.5, 0.6) is 0 Å². The number of carbonyl (C=O) groups excluding carboxylic acids is 1. The van der Waals surface area contributed by atoms with Gasteiger partial charge in [-0.3, -0.25) is 4.79 Å². The van der Waals surface area contributed by atoms with Crippen LogP contribution in [0.4, 0.5) is 0 Å². The summed E-state index contributed by atoms with van der Waals surface area (Å²) in [6.45, 7) is 2.72. The predicted molar refractivity (Wildman–Crippen MR) is 104 cm³/mol. The van der Waals surface area contributed by atoms with Crippen LogP contribution in [0.3, 0.4) is 0 Å². The Morgan fingerprint density at radius 2 is 1.88 bits per heavy atom. The summed E-state index contributed by atoms with van der Waals surface area (Å²) in [5.74, 6) is -0.349. The average Bonchev–Trinajstić information content (AvgIpc) is 2.65. The van der Waals surface area contributed by atoms with Crippen molar-refractivity contribution in [3.8, 4) is 0 Å². The van der Waals surface area contributed by atoms with E-state index in [1.807, 2.05) is 25.1 Å². The number of unbranched alkanes of at least 4 members (excludes halogenated alkanes) is 1. The molecule has 2 aromatic carbocycles. The lowest BCUT2D eigenvalue weighted by molar-refractivity contribution is 0.0950. The highest BCUT2D eigenvalue weighted by Gasteiger charge is 2.21. The third-order valence-corrected chi connectivity index (χ3v) is 6.25. The third kappa shape index (κ3) is 5.06. The van der Waals surface area contributed by atoms with Gasteiger partial charge in [0.1, 0.15) is 0 Å². The fraction of sp³-hybridized carbons (Fsp3) is 0.316. The molecule has 2 rings (SSSR count). The Balaban J connectivity index is 2.13. The van der Waals surface area contributed by atoms with E-state index in [9.17, 15) is 13.2 Å². The Bertz CT molecular complexity index is 869. The van der Waals surface area contributed by atoms with Gasteiger partial charge in [-0.05, 0) is 36.2 Å². The molecule has 0 aliphatic carbocycles. The van der Waals surface area contributed by atoms with Crippen LogP contribution in [0, 0.1) is 0 Å². The van der Waals surface area contributed by atoms with Crippen molar-refractivity contribution >= 4 is 27.5 Å². The molecule has 7 heteroatoms. The summed E-state index contributed by atoms with van der Waals surface area (Å²) in [6, 6.07) is 13.3. The normalized spacial score (nSPS) is 11.5. The molecule has 0 saturated carbocycles. The Kier molecular flexibility index (Phi) is 7.20. The zero-order valence-corrected chi connectivity index (χ0v) is 16.5. The smallest absolute Gasteiger partial charge is 0.251 e. The van der Waals surface area contributed by atoms with Crippen molar-refractivity contribution in [3.05, 3.63) is 64.7 Å². The maximum atomic E-state index is 12.6. The lowest BCUT2D eigenvalue weighted by atomic mass is 10.2. The van der Waals surface area contributed by atoms with Gasteiger partial charge in [-0.15, -0.1) is 0 Å². The van der Waals surface area contributed by atoms with Crippen LogP contribution in [-0.2, 0) is 16.6 Å². The summed E-state index contributed by atoms with van der Waals surface area (Å²) in [4.78, 5) is 12.5. The molecule has 0 atom stereocenters. The van der Waals surface area contributed by atoms with E-state index in [0.717, 1.165) is 18.4 Å². The number of hydrogen-bond donors (Lipinski definition) is 1. The van der Waals surface area contributed by atoms with Crippen molar-refractivity contribution in [3.63, 3.8) is 0 Å². The quantitative estimate of drug-likeness (QED) is 0.742. The Morgan fingerprint density at radius 1 is 1.15 bits per heavy atom. The van der Waals surface area contributed by atoms with Crippen molar-refractivity contribution in [2.75, 3.05) is 13.6 Å². The number of hydrogen-bond acceptors (Lipinski definition) is 3. The molecule has 1 amide bonds. The zero-order valence-electron chi connectivity index (χ0n) is 14.9. The molecular weight excluding hydrogens is 372 g/mol. The first-order chi connectivity index (χ1) is 12.4. The molecule has 0 bridgehead atoms. The first kappa shape index (κ1) is 20.4. The zero-order chi connectivity index (χ0) is 19.2. The second-order valence-corrected chi connectivity index (χ2v) is 8.43. The van der Waals surface area contributed by atoms with E-state index in [4.69, 9.17) is 11.6 Å². The van der Waals surface area contributed by atoms with E-state index in [1.165, 1.54) is 16.4 Å². The summed E-state index contributed by atoms with van der Waals surface area (Å²) in [7, 11) is -2.06. The van der Waals surface area contributed by atoms with Crippen molar-refractivity contribution in [1.29, 1.82) is 0 Å². The second-order valence-electron chi connectivity index (χ2n) is 5.98. The molecule has 0 heterocycles. The van der Waals surface area contributed by atoms with Gasteiger partial charge in [0.15, 0.2) is 0 Å². The highest BCUT2D eigenvalue weighted by molar-refractivity contribution is 7.89.